The summed E-state index contributed by atoms with van der Waals surface area (Å²) in [4.78, 5) is 22.2. The summed E-state index contributed by atoms with van der Waals surface area (Å²) in [6.07, 6.45) is 2.36. The first-order chi connectivity index (χ1) is 15.0. The predicted molar refractivity (Wildman–Crippen MR) is 119 cm³/mol. The summed E-state index contributed by atoms with van der Waals surface area (Å²) in [7, 11) is 0. The smallest absolute Gasteiger partial charge is 0.333 e. The summed E-state index contributed by atoms with van der Waals surface area (Å²) in [6.45, 7) is 10.0. The van der Waals surface area contributed by atoms with E-state index in [1.807, 2.05) is 48.5 Å². The molecular formula is C25H28O6. The molecule has 0 atom stereocenters. The summed E-state index contributed by atoms with van der Waals surface area (Å²) in [5.41, 5.74) is 2.51. The number of rotatable bonds is 13. The van der Waals surface area contributed by atoms with Gasteiger partial charge in [0.25, 0.3) is 0 Å². The van der Waals surface area contributed by atoms with Crippen molar-refractivity contribution in [2.75, 3.05) is 26.4 Å². The van der Waals surface area contributed by atoms with Crippen LogP contribution in [0.1, 0.15) is 19.8 Å². The molecule has 0 saturated carbocycles. The van der Waals surface area contributed by atoms with Crippen molar-refractivity contribution < 1.29 is 28.5 Å². The Morgan fingerprint density at radius 3 is 1.65 bits per heavy atom. The molecular weight excluding hydrogens is 396 g/mol. The van der Waals surface area contributed by atoms with Crippen molar-refractivity contribution in [3.63, 3.8) is 0 Å². The van der Waals surface area contributed by atoms with Crippen LogP contribution in [0, 0.1) is 0 Å². The molecule has 0 N–H and O–H groups in total. The van der Waals surface area contributed by atoms with Gasteiger partial charge in [-0.05, 0) is 42.3 Å². The van der Waals surface area contributed by atoms with Gasteiger partial charge in [-0.2, -0.15) is 0 Å². The van der Waals surface area contributed by atoms with Crippen molar-refractivity contribution in [3.8, 4) is 22.6 Å². The van der Waals surface area contributed by atoms with Crippen LogP contribution in [0.15, 0.2) is 73.3 Å². The zero-order valence-corrected chi connectivity index (χ0v) is 17.8. The van der Waals surface area contributed by atoms with E-state index in [9.17, 15) is 9.59 Å². The van der Waals surface area contributed by atoms with E-state index in [4.69, 9.17) is 18.9 Å². The summed E-state index contributed by atoms with van der Waals surface area (Å²) >= 11 is 0. The van der Waals surface area contributed by atoms with Gasteiger partial charge in [-0.25, -0.2) is 9.59 Å². The maximum atomic E-state index is 11.3. The van der Waals surface area contributed by atoms with Gasteiger partial charge in [0.2, 0.25) is 0 Å². The molecule has 0 aliphatic carbocycles. The fourth-order valence-electron chi connectivity index (χ4n) is 2.50. The number of carbonyl (C=O) groups is 2. The highest BCUT2D eigenvalue weighted by atomic mass is 16.5. The van der Waals surface area contributed by atoms with Gasteiger partial charge in [-0.1, -0.05) is 37.4 Å². The van der Waals surface area contributed by atoms with Gasteiger partial charge in [0, 0.05) is 24.5 Å². The SMILES string of the molecule is C=CC(=O)OCCCOc1ccc(-c2ccc(OCCCOC(=O)C(=C)C)cc2)cc1. The molecule has 0 fully saturated rings. The van der Waals surface area contributed by atoms with Gasteiger partial charge in [0.1, 0.15) is 11.5 Å². The minimum atomic E-state index is -0.426. The highest BCUT2D eigenvalue weighted by Gasteiger charge is 2.03. The van der Waals surface area contributed by atoms with Gasteiger partial charge in [-0.15, -0.1) is 0 Å². The molecule has 0 amide bonds. The third-order valence-electron chi connectivity index (χ3n) is 4.15. The average Bonchev–Trinajstić information content (AvgIpc) is 2.79. The second-order valence-electron chi connectivity index (χ2n) is 6.74. The first kappa shape index (κ1) is 23.7. The maximum absolute atomic E-state index is 11.3. The first-order valence-corrected chi connectivity index (χ1v) is 10.1. The predicted octanol–water partition coefficient (Wildman–Crippen LogP) is 4.74. The van der Waals surface area contributed by atoms with E-state index in [0.717, 1.165) is 28.7 Å². The Labute approximate surface area is 183 Å². The molecule has 0 aliphatic heterocycles. The lowest BCUT2D eigenvalue weighted by Crippen LogP contribution is -2.09. The lowest BCUT2D eigenvalue weighted by Gasteiger charge is -2.09. The average molecular weight is 424 g/mol. The van der Waals surface area contributed by atoms with E-state index in [2.05, 4.69) is 13.2 Å². The van der Waals surface area contributed by atoms with Crippen LogP contribution in [0.25, 0.3) is 11.1 Å². The quantitative estimate of drug-likeness (QED) is 0.263. The number of benzene rings is 2. The Morgan fingerprint density at radius 1 is 0.774 bits per heavy atom. The highest BCUT2D eigenvalue weighted by molar-refractivity contribution is 5.86. The molecule has 0 saturated heterocycles. The van der Waals surface area contributed by atoms with Crippen molar-refractivity contribution in [2.45, 2.75) is 19.8 Å². The van der Waals surface area contributed by atoms with Crippen LogP contribution in [0.2, 0.25) is 0 Å². The third-order valence-corrected chi connectivity index (χ3v) is 4.15. The standard InChI is InChI=1S/C25H28O6/c1-4-24(26)30-17-5-15-28-22-11-7-20(8-12-22)21-9-13-23(14-10-21)29-16-6-18-31-25(27)19(2)3/h4,7-14H,1-2,5-6,15-18H2,3H3. The molecule has 0 heterocycles. The molecule has 2 aromatic carbocycles. The van der Waals surface area contributed by atoms with Crippen LogP contribution < -0.4 is 9.47 Å². The van der Waals surface area contributed by atoms with E-state index >= 15 is 0 Å². The Balaban J connectivity index is 1.72. The summed E-state index contributed by atoms with van der Waals surface area (Å²) < 4.78 is 21.3. The topological polar surface area (TPSA) is 71.1 Å². The molecule has 2 rings (SSSR count). The number of ether oxygens (including phenoxy) is 4. The Bertz CT molecular complexity index is 868. The lowest BCUT2D eigenvalue weighted by atomic mass is 10.1. The summed E-state index contributed by atoms with van der Waals surface area (Å²) in [5.74, 6) is 0.706. The Kier molecular flexibility index (Phi) is 9.88. The van der Waals surface area contributed by atoms with Gasteiger partial charge >= 0.3 is 11.9 Å². The normalized spacial score (nSPS) is 10.1. The number of hydrogen-bond acceptors (Lipinski definition) is 6. The fraction of sp³-hybridized carbons (Fsp3) is 0.280. The first-order valence-electron chi connectivity index (χ1n) is 10.1. The fourth-order valence-corrected chi connectivity index (χ4v) is 2.50. The Hall–Kier alpha value is -3.54. The number of carbonyl (C=O) groups excluding carboxylic acids is 2. The second-order valence-corrected chi connectivity index (χ2v) is 6.74. The van der Waals surface area contributed by atoms with Crippen molar-refractivity contribution in [1.82, 2.24) is 0 Å². The van der Waals surface area contributed by atoms with E-state index in [1.165, 1.54) is 0 Å². The van der Waals surface area contributed by atoms with Crippen LogP contribution in [0.5, 0.6) is 11.5 Å². The minimum absolute atomic E-state index is 0.303. The molecule has 2 aromatic rings. The van der Waals surface area contributed by atoms with E-state index < -0.39 is 5.97 Å². The van der Waals surface area contributed by atoms with Crippen molar-refractivity contribution in [2.24, 2.45) is 0 Å². The van der Waals surface area contributed by atoms with Crippen LogP contribution in [-0.2, 0) is 19.1 Å². The Morgan fingerprint density at radius 2 is 1.23 bits per heavy atom. The van der Waals surface area contributed by atoms with Gasteiger partial charge in [-0.3, -0.25) is 0 Å². The monoisotopic (exact) mass is 424 g/mol. The van der Waals surface area contributed by atoms with Crippen molar-refractivity contribution >= 4 is 11.9 Å². The van der Waals surface area contributed by atoms with Crippen LogP contribution in [-0.4, -0.2) is 38.4 Å². The maximum Gasteiger partial charge on any atom is 0.333 e. The van der Waals surface area contributed by atoms with Gasteiger partial charge < -0.3 is 18.9 Å². The molecule has 0 spiro atoms. The molecule has 0 unspecified atom stereocenters. The van der Waals surface area contributed by atoms with Crippen LogP contribution in [0.4, 0.5) is 0 Å². The largest absolute Gasteiger partial charge is 0.493 e. The highest BCUT2D eigenvalue weighted by Crippen LogP contribution is 2.24. The van der Waals surface area contributed by atoms with Gasteiger partial charge in [0.15, 0.2) is 0 Å². The zero-order chi connectivity index (χ0) is 22.5. The van der Waals surface area contributed by atoms with E-state index in [-0.39, 0.29) is 5.97 Å². The molecule has 0 aliphatic rings. The lowest BCUT2D eigenvalue weighted by molar-refractivity contribution is -0.139. The second kappa shape index (κ2) is 12.9. The molecule has 6 nitrogen and oxygen atoms in total. The van der Waals surface area contributed by atoms with Crippen LogP contribution in [0.3, 0.4) is 0 Å². The molecule has 6 heteroatoms. The molecule has 164 valence electrons. The zero-order valence-electron chi connectivity index (χ0n) is 17.8. The minimum Gasteiger partial charge on any atom is -0.493 e. The molecule has 31 heavy (non-hydrogen) atoms. The van der Waals surface area contributed by atoms with Crippen molar-refractivity contribution in [1.29, 1.82) is 0 Å². The molecule has 0 bridgehead atoms. The van der Waals surface area contributed by atoms with E-state index in [1.54, 1.807) is 6.92 Å². The van der Waals surface area contributed by atoms with Gasteiger partial charge in [0.05, 0.1) is 26.4 Å². The molecule has 0 radical (unpaired) electrons. The van der Waals surface area contributed by atoms with Crippen molar-refractivity contribution in [3.05, 3.63) is 73.3 Å². The number of esters is 2. The summed E-state index contributed by atoms with van der Waals surface area (Å²) in [6, 6.07) is 15.6. The van der Waals surface area contributed by atoms with E-state index in [0.29, 0.717) is 44.8 Å². The summed E-state index contributed by atoms with van der Waals surface area (Å²) in [5, 5.41) is 0. The molecule has 0 aromatic heterocycles. The van der Waals surface area contributed by atoms with Crippen LogP contribution >= 0.6 is 0 Å². The third kappa shape index (κ3) is 8.78. The number of hydrogen-bond donors (Lipinski definition) is 0.